The molecule has 0 aromatic carbocycles. The highest BCUT2D eigenvalue weighted by Crippen LogP contribution is 2.37. The third kappa shape index (κ3) is 10.1. The number of phosphoric ester groups is 1. The first-order valence-corrected chi connectivity index (χ1v) is 8.52. The Morgan fingerprint density at radius 3 is 2.20 bits per heavy atom. The number of aromatic nitrogens is 2. The van der Waals surface area contributed by atoms with E-state index < -0.39 is 7.82 Å². The number of phosphoric acid groups is 1. The zero-order chi connectivity index (χ0) is 15.4. The van der Waals surface area contributed by atoms with Crippen LogP contribution in [0.4, 0.5) is 0 Å². The normalized spacial score (nSPS) is 11.1. The third-order valence-corrected chi connectivity index (χ3v) is 3.57. The maximum atomic E-state index is 10.4. The van der Waals surface area contributed by atoms with Crippen LogP contribution in [-0.4, -0.2) is 17.8 Å². The number of nitrogens with zero attached hydrogens (tertiary/aromatic N) is 2. The van der Waals surface area contributed by atoms with Crippen molar-refractivity contribution in [1.29, 1.82) is 0 Å². The number of imidazole rings is 1. The molecule has 0 saturated heterocycles. The van der Waals surface area contributed by atoms with E-state index in [1.54, 1.807) is 13.8 Å². The van der Waals surface area contributed by atoms with Gasteiger partial charge in [-0.05, 0) is 26.7 Å². The molecule has 0 amide bonds. The topological polar surface area (TPSA) is 67.4 Å². The van der Waals surface area contributed by atoms with Gasteiger partial charge in [-0.2, -0.15) is 0 Å². The Morgan fingerprint density at radius 1 is 1.20 bits per heavy atom. The summed E-state index contributed by atoms with van der Waals surface area (Å²) in [5, 5.41) is 0. The molecule has 1 aromatic heterocycles. The number of hydrogen-bond donors (Lipinski definition) is 0. The van der Waals surface area contributed by atoms with Crippen LogP contribution in [0.15, 0.2) is 18.7 Å². The Morgan fingerprint density at radius 2 is 1.80 bits per heavy atom. The first-order valence-electron chi connectivity index (χ1n) is 7.06. The third-order valence-electron chi connectivity index (χ3n) is 2.42. The van der Waals surface area contributed by atoms with E-state index in [4.69, 9.17) is 0 Å². The Kier molecular flexibility index (Phi) is 10.7. The second-order valence-electron chi connectivity index (χ2n) is 4.31. The van der Waals surface area contributed by atoms with Crippen LogP contribution in [0.1, 0.15) is 40.0 Å². The molecule has 0 spiro atoms. The summed E-state index contributed by atoms with van der Waals surface area (Å²) in [7, 11) is -1.89. The molecule has 0 aliphatic rings. The highest BCUT2D eigenvalue weighted by Gasteiger charge is 2.04. The van der Waals surface area contributed by atoms with Crippen molar-refractivity contribution in [3.63, 3.8) is 0 Å². The molecule has 0 bridgehead atoms. The zero-order valence-electron chi connectivity index (χ0n) is 12.9. The summed E-state index contributed by atoms with van der Waals surface area (Å²) >= 11 is 0. The highest BCUT2D eigenvalue weighted by atomic mass is 31.2. The van der Waals surface area contributed by atoms with Crippen molar-refractivity contribution >= 4 is 7.82 Å². The van der Waals surface area contributed by atoms with Gasteiger partial charge in [0.15, 0.2) is 0 Å². The molecule has 7 heteroatoms. The SMILES string of the molecule is CCCCCn1cc[n+](C)c1.CCOP(=O)([O-])OCC. The predicted octanol–water partition coefficient (Wildman–Crippen LogP) is 2.03. The maximum Gasteiger partial charge on any atom is 0.267 e. The van der Waals surface area contributed by atoms with Gasteiger partial charge in [0.25, 0.3) is 7.82 Å². The van der Waals surface area contributed by atoms with Crippen LogP contribution in [-0.2, 0) is 27.2 Å². The van der Waals surface area contributed by atoms with E-state index in [0.717, 1.165) is 6.54 Å². The molecule has 0 fully saturated rings. The summed E-state index contributed by atoms with van der Waals surface area (Å²) in [4.78, 5) is 10.4. The van der Waals surface area contributed by atoms with Crippen LogP contribution in [0.25, 0.3) is 0 Å². The van der Waals surface area contributed by atoms with Gasteiger partial charge in [-0.3, -0.25) is 4.57 Å². The lowest BCUT2D eigenvalue weighted by molar-refractivity contribution is -0.671. The molecular weight excluding hydrogens is 279 g/mol. The minimum atomic E-state index is -3.94. The van der Waals surface area contributed by atoms with Crippen LogP contribution >= 0.6 is 7.82 Å². The minimum Gasteiger partial charge on any atom is -0.756 e. The molecule has 0 N–H and O–H groups in total. The van der Waals surface area contributed by atoms with E-state index in [-0.39, 0.29) is 13.2 Å². The lowest BCUT2D eigenvalue weighted by Crippen LogP contribution is -2.23. The molecule has 20 heavy (non-hydrogen) atoms. The molecule has 118 valence electrons. The Bertz CT molecular complexity index is 385. The van der Waals surface area contributed by atoms with E-state index in [9.17, 15) is 9.46 Å². The van der Waals surface area contributed by atoms with Gasteiger partial charge in [-0.15, -0.1) is 0 Å². The lowest BCUT2D eigenvalue weighted by atomic mass is 10.2. The fourth-order valence-electron chi connectivity index (χ4n) is 1.53. The summed E-state index contributed by atoms with van der Waals surface area (Å²) in [5.74, 6) is 0. The quantitative estimate of drug-likeness (QED) is 0.419. The van der Waals surface area contributed by atoms with Crippen molar-refractivity contribution in [2.75, 3.05) is 13.2 Å². The van der Waals surface area contributed by atoms with E-state index in [1.807, 2.05) is 0 Å². The van der Waals surface area contributed by atoms with Gasteiger partial charge in [0.2, 0.25) is 6.33 Å². The fourth-order valence-corrected chi connectivity index (χ4v) is 2.24. The van der Waals surface area contributed by atoms with Gasteiger partial charge in [0, 0.05) is 0 Å². The Labute approximate surface area is 122 Å². The number of hydrogen-bond acceptors (Lipinski definition) is 4. The average molecular weight is 306 g/mol. The van der Waals surface area contributed by atoms with E-state index in [1.165, 1.54) is 19.3 Å². The summed E-state index contributed by atoms with van der Waals surface area (Å²) in [6.45, 7) is 6.82. The van der Waals surface area contributed by atoms with Crippen molar-refractivity contribution in [3.05, 3.63) is 18.7 Å². The fraction of sp³-hybridized carbons (Fsp3) is 0.769. The minimum absolute atomic E-state index is 0.126. The second kappa shape index (κ2) is 11.0. The van der Waals surface area contributed by atoms with Crippen molar-refractivity contribution in [2.24, 2.45) is 7.05 Å². The van der Waals surface area contributed by atoms with Crippen LogP contribution in [0.3, 0.4) is 0 Å². The molecule has 0 aliphatic carbocycles. The van der Waals surface area contributed by atoms with E-state index in [0.29, 0.717) is 0 Å². The molecule has 0 saturated carbocycles. The van der Waals surface area contributed by atoms with E-state index >= 15 is 0 Å². The average Bonchev–Trinajstić information content (AvgIpc) is 2.76. The first-order chi connectivity index (χ1) is 9.45. The molecule has 1 rings (SSSR count). The molecule has 6 nitrogen and oxygen atoms in total. The summed E-state index contributed by atoms with van der Waals surface area (Å²) < 4.78 is 23.2. The zero-order valence-corrected chi connectivity index (χ0v) is 13.8. The van der Waals surface area contributed by atoms with Crippen molar-refractivity contribution in [2.45, 2.75) is 46.6 Å². The van der Waals surface area contributed by atoms with Gasteiger partial charge in [-0.25, -0.2) is 9.13 Å². The van der Waals surface area contributed by atoms with Gasteiger partial charge >= 0.3 is 0 Å². The second-order valence-corrected chi connectivity index (χ2v) is 5.72. The molecule has 0 aliphatic heterocycles. The smallest absolute Gasteiger partial charge is 0.267 e. The van der Waals surface area contributed by atoms with Crippen molar-refractivity contribution in [3.8, 4) is 0 Å². The molecule has 0 unspecified atom stereocenters. The Balaban J connectivity index is 0.000000370. The molecule has 0 atom stereocenters. The van der Waals surface area contributed by atoms with Gasteiger partial charge in [0.1, 0.15) is 12.4 Å². The number of rotatable bonds is 8. The maximum absolute atomic E-state index is 10.4. The van der Waals surface area contributed by atoms with Crippen molar-refractivity contribution in [1.82, 2.24) is 4.57 Å². The van der Waals surface area contributed by atoms with E-state index in [2.05, 4.69) is 50.9 Å². The summed E-state index contributed by atoms with van der Waals surface area (Å²) in [6.07, 6.45) is 10.2. The van der Waals surface area contributed by atoms with Crippen LogP contribution in [0, 0.1) is 0 Å². The van der Waals surface area contributed by atoms with Crippen LogP contribution in [0.5, 0.6) is 0 Å². The van der Waals surface area contributed by atoms with Crippen LogP contribution < -0.4 is 9.46 Å². The summed E-state index contributed by atoms with van der Waals surface area (Å²) in [5.41, 5.74) is 0. The first kappa shape index (κ1) is 19.3. The van der Waals surface area contributed by atoms with Gasteiger partial charge in [0.05, 0.1) is 26.8 Å². The predicted molar refractivity (Wildman–Crippen MR) is 76.0 cm³/mol. The lowest BCUT2D eigenvalue weighted by Gasteiger charge is -2.20. The molecule has 1 aromatic rings. The summed E-state index contributed by atoms with van der Waals surface area (Å²) in [6, 6.07) is 0. The molecule has 1 heterocycles. The standard InChI is InChI=1S/C9H17N2.C4H11O4P/c1-3-4-5-6-11-8-7-10(2)9-11;1-3-7-9(5,6)8-4-2/h7-9H,3-6H2,1-2H3;3-4H2,1-2H3,(H,5,6)/q+1;/p-1. The number of unbranched alkanes of at least 4 members (excludes halogenated alkanes) is 2. The van der Waals surface area contributed by atoms with Crippen LogP contribution in [0.2, 0.25) is 0 Å². The largest absolute Gasteiger partial charge is 0.756 e. The highest BCUT2D eigenvalue weighted by molar-refractivity contribution is 7.45. The van der Waals surface area contributed by atoms with Gasteiger partial charge in [-0.1, -0.05) is 13.3 Å². The number of aryl methyl sites for hydroxylation is 2. The molecule has 0 radical (unpaired) electrons. The monoisotopic (exact) mass is 306 g/mol. The van der Waals surface area contributed by atoms with Gasteiger partial charge < -0.3 is 13.9 Å². The molecular formula is C13H27N2O4P. The Hall–Kier alpha value is -0.680. The van der Waals surface area contributed by atoms with Crippen molar-refractivity contribution < 1.29 is 23.1 Å².